The van der Waals surface area contributed by atoms with Gasteiger partial charge in [-0.25, -0.2) is 0 Å². The molecule has 25 heavy (non-hydrogen) atoms. The Kier molecular flexibility index (Phi) is 9.89. The van der Waals surface area contributed by atoms with Gasteiger partial charge in [-0.2, -0.15) is 11.8 Å². The summed E-state index contributed by atoms with van der Waals surface area (Å²) in [5.74, 6) is 0.785. The van der Waals surface area contributed by atoms with E-state index in [-0.39, 0.29) is 24.2 Å². The number of nitrogens with zero attached hydrogens (tertiary/aromatic N) is 1. The summed E-state index contributed by atoms with van der Waals surface area (Å²) >= 11 is 1.67. The quantitative estimate of drug-likeness (QED) is 0.741. The molecule has 0 aromatic heterocycles. The van der Waals surface area contributed by atoms with E-state index >= 15 is 0 Å². The Morgan fingerprint density at radius 2 is 1.92 bits per heavy atom. The molecule has 0 bridgehead atoms. The van der Waals surface area contributed by atoms with E-state index in [2.05, 4.69) is 5.32 Å². The topological polar surface area (TPSA) is 84.7 Å². The molecule has 0 spiro atoms. The summed E-state index contributed by atoms with van der Waals surface area (Å²) in [4.78, 5) is 26.0. The lowest BCUT2D eigenvalue weighted by molar-refractivity contribution is -0.134. The first kappa shape index (κ1) is 21.8. The molecular weight excluding hydrogens is 362 g/mol. The number of amides is 2. The van der Waals surface area contributed by atoms with Crippen LogP contribution in [0.3, 0.4) is 0 Å². The van der Waals surface area contributed by atoms with Crippen LogP contribution in [0.25, 0.3) is 0 Å². The van der Waals surface area contributed by atoms with Crippen molar-refractivity contribution in [1.82, 2.24) is 4.90 Å². The zero-order valence-electron chi connectivity index (χ0n) is 14.4. The Morgan fingerprint density at radius 1 is 1.28 bits per heavy atom. The number of thioether (sulfide) groups is 1. The third-order valence-electron chi connectivity index (χ3n) is 3.91. The minimum Gasteiger partial charge on any atom is -0.378 e. The predicted molar refractivity (Wildman–Crippen MR) is 104 cm³/mol. The Morgan fingerprint density at radius 3 is 2.52 bits per heavy atom. The number of rotatable bonds is 7. The van der Waals surface area contributed by atoms with Gasteiger partial charge < -0.3 is 20.7 Å². The molecule has 1 unspecified atom stereocenters. The van der Waals surface area contributed by atoms with Crippen molar-refractivity contribution in [3.63, 3.8) is 0 Å². The maximum Gasteiger partial charge on any atom is 0.241 e. The first-order chi connectivity index (χ1) is 11.6. The highest BCUT2D eigenvalue weighted by atomic mass is 35.5. The van der Waals surface area contributed by atoms with Crippen LogP contribution in [0.5, 0.6) is 0 Å². The van der Waals surface area contributed by atoms with E-state index in [1.807, 2.05) is 23.3 Å². The van der Waals surface area contributed by atoms with Gasteiger partial charge in [0.1, 0.15) is 0 Å². The Bertz CT molecular complexity index is 551. The van der Waals surface area contributed by atoms with Crippen molar-refractivity contribution < 1.29 is 14.3 Å². The number of carbonyl (C=O) groups excluding carboxylic acids is 2. The second-order valence-electron chi connectivity index (χ2n) is 5.74. The van der Waals surface area contributed by atoms with E-state index in [9.17, 15) is 9.59 Å². The molecule has 1 aromatic carbocycles. The number of halogens is 1. The highest BCUT2D eigenvalue weighted by Crippen LogP contribution is 2.12. The van der Waals surface area contributed by atoms with Crippen LogP contribution >= 0.6 is 24.2 Å². The van der Waals surface area contributed by atoms with Crippen LogP contribution in [0.4, 0.5) is 5.69 Å². The Labute approximate surface area is 159 Å². The van der Waals surface area contributed by atoms with Crippen LogP contribution in [0.2, 0.25) is 0 Å². The van der Waals surface area contributed by atoms with Gasteiger partial charge in [-0.05, 0) is 36.1 Å². The molecule has 6 nitrogen and oxygen atoms in total. The fraction of sp³-hybridized carbons (Fsp3) is 0.529. The average molecular weight is 388 g/mol. The summed E-state index contributed by atoms with van der Waals surface area (Å²) in [7, 11) is 0. The monoisotopic (exact) mass is 387 g/mol. The number of nitrogens with one attached hydrogen (secondary N) is 1. The Hall–Kier alpha value is -1.28. The van der Waals surface area contributed by atoms with Crippen LogP contribution in [-0.2, 0) is 20.7 Å². The highest BCUT2D eigenvalue weighted by Gasteiger charge is 2.17. The Balaban J connectivity index is 0.00000312. The van der Waals surface area contributed by atoms with Crippen molar-refractivity contribution in [2.45, 2.75) is 18.9 Å². The molecule has 1 saturated heterocycles. The van der Waals surface area contributed by atoms with E-state index < -0.39 is 6.04 Å². The number of nitrogens with two attached hydrogens (primary N) is 1. The number of benzene rings is 1. The van der Waals surface area contributed by atoms with Crippen LogP contribution in [0.15, 0.2) is 24.3 Å². The number of anilines is 1. The molecule has 0 saturated carbocycles. The third kappa shape index (κ3) is 7.23. The molecule has 1 aliphatic heterocycles. The number of ether oxygens (including phenoxy) is 1. The summed E-state index contributed by atoms with van der Waals surface area (Å²) in [6.07, 6.45) is 3.00. The van der Waals surface area contributed by atoms with Gasteiger partial charge in [0.15, 0.2) is 0 Å². The van der Waals surface area contributed by atoms with Gasteiger partial charge in [0, 0.05) is 18.8 Å². The van der Waals surface area contributed by atoms with E-state index in [1.165, 1.54) is 0 Å². The van der Waals surface area contributed by atoms with Crippen LogP contribution in [0, 0.1) is 0 Å². The SMILES string of the molecule is CSCCC(N)C(=O)Nc1ccc(CC(=O)N2CCOCC2)cc1.Cl. The molecule has 1 heterocycles. The lowest BCUT2D eigenvalue weighted by Gasteiger charge is -2.26. The largest absolute Gasteiger partial charge is 0.378 e. The summed E-state index contributed by atoms with van der Waals surface area (Å²) < 4.78 is 5.25. The molecule has 2 amide bonds. The van der Waals surface area contributed by atoms with Crippen LogP contribution < -0.4 is 11.1 Å². The first-order valence-electron chi connectivity index (χ1n) is 8.10. The maximum atomic E-state index is 12.2. The van der Waals surface area contributed by atoms with Gasteiger partial charge in [0.2, 0.25) is 11.8 Å². The molecular formula is C17H26ClN3O3S. The molecule has 1 aliphatic rings. The zero-order valence-corrected chi connectivity index (χ0v) is 16.0. The molecule has 2 rings (SSSR count). The molecule has 3 N–H and O–H groups in total. The normalized spacial score (nSPS) is 15.2. The second kappa shape index (κ2) is 11.4. The number of hydrogen-bond acceptors (Lipinski definition) is 5. The average Bonchev–Trinajstić information content (AvgIpc) is 2.62. The second-order valence-corrected chi connectivity index (χ2v) is 6.73. The number of hydrogen-bond donors (Lipinski definition) is 2. The summed E-state index contributed by atoms with van der Waals surface area (Å²) in [5, 5.41) is 2.81. The zero-order chi connectivity index (χ0) is 17.4. The summed E-state index contributed by atoms with van der Waals surface area (Å²) in [5.41, 5.74) is 7.47. The predicted octanol–water partition coefficient (Wildman–Crippen LogP) is 1.53. The lowest BCUT2D eigenvalue weighted by Crippen LogP contribution is -2.41. The van der Waals surface area contributed by atoms with Gasteiger partial charge in [0.05, 0.1) is 25.7 Å². The smallest absolute Gasteiger partial charge is 0.241 e. The standard InChI is InChI=1S/C17H25N3O3S.ClH/c1-24-11-6-15(18)17(22)19-14-4-2-13(3-5-14)12-16(21)20-7-9-23-10-8-20;/h2-5,15H,6-12,18H2,1H3,(H,19,22);1H. The number of morpholine rings is 1. The molecule has 1 aromatic rings. The molecule has 1 atom stereocenters. The lowest BCUT2D eigenvalue weighted by atomic mass is 10.1. The van der Waals surface area contributed by atoms with E-state index in [0.717, 1.165) is 11.3 Å². The van der Waals surface area contributed by atoms with Crippen molar-refractivity contribution in [3.05, 3.63) is 29.8 Å². The van der Waals surface area contributed by atoms with E-state index in [0.29, 0.717) is 44.8 Å². The van der Waals surface area contributed by atoms with E-state index in [4.69, 9.17) is 10.5 Å². The maximum absolute atomic E-state index is 12.2. The molecule has 8 heteroatoms. The third-order valence-corrected chi connectivity index (χ3v) is 4.55. The van der Waals surface area contributed by atoms with Crippen LogP contribution in [-0.4, -0.2) is 61.1 Å². The van der Waals surface area contributed by atoms with Crippen molar-refractivity contribution in [1.29, 1.82) is 0 Å². The molecule has 0 aliphatic carbocycles. The minimum atomic E-state index is -0.500. The summed E-state index contributed by atoms with van der Waals surface area (Å²) in [6.45, 7) is 2.52. The number of carbonyl (C=O) groups is 2. The van der Waals surface area contributed by atoms with Crippen molar-refractivity contribution in [2.24, 2.45) is 5.73 Å². The van der Waals surface area contributed by atoms with Gasteiger partial charge in [0.25, 0.3) is 0 Å². The highest BCUT2D eigenvalue weighted by molar-refractivity contribution is 7.98. The van der Waals surface area contributed by atoms with Gasteiger partial charge in [-0.3, -0.25) is 9.59 Å². The van der Waals surface area contributed by atoms with E-state index in [1.54, 1.807) is 23.9 Å². The summed E-state index contributed by atoms with van der Waals surface area (Å²) in [6, 6.07) is 6.84. The first-order valence-corrected chi connectivity index (χ1v) is 9.49. The van der Waals surface area contributed by atoms with Gasteiger partial charge in [-0.1, -0.05) is 12.1 Å². The minimum absolute atomic E-state index is 0. The van der Waals surface area contributed by atoms with Crippen molar-refractivity contribution in [3.8, 4) is 0 Å². The van der Waals surface area contributed by atoms with Crippen molar-refractivity contribution in [2.75, 3.05) is 43.6 Å². The molecule has 1 fully saturated rings. The molecule has 140 valence electrons. The fourth-order valence-corrected chi connectivity index (χ4v) is 2.91. The van der Waals surface area contributed by atoms with Crippen molar-refractivity contribution >= 4 is 41.7 Å². The van der Waals surface area contributed by atoms with Gasteiger partial charge in [-0.15, -0.1) is 12.4 Å². The fourth-order valence-electron chi connectivity index (χ4n) is 2.42. The molecule has 0 radical (unpaired) electrons. The van der Waals surface area contributed by atoms with Gasteiger partial charge >= 0.3 is 0 Å². The van der Waals surface area contributed by atoms with Crippen LogP contribution in [0.1, 0.15) is 12.0 Å².